The molecular formula is C9H11ClN4O. The molecule has 80 valence electrons. The summed E-state index contributed by atoms with van der Waals surface area (Å²) in [5.74, 6) is 0.802. The topological polar surface area (TPSA) is 58.1 Å². The molecule has 0 saturated carbocycles. The van der Waals surface area contributed by atoms with Crippen molar-refractivity contribution in [1.29, 1.82) is 0 Å². The second kappa shape index (κ2) is 4.02. The highest BCUT2D eigenvalue weighted by atomic mass is 35.5. The van der Waals surface area contributed by atoms with E-state index in [9.17, 15) is 4.79 Å². The molecule has 0 bridgehead atoms. The van der Waals surface area contributed by atoms with Crippen LogP contribution in [0.3, 0.4) is 0 Å². The Bertz CT molecular complexity index is 384. The molecule has 15 heavy (non-hydrogen) atoms. The van der Waals surface area contributed by atoms with Crippen molar-refractivity contribution in [3.8, 4) is 0 Å². The van der Waals surface area contributed by atoms with Gasteiger partial charge in [-0.15, -0.1) is 0 Å². The number of likely N-dealkylation sites (N-methyl/N-ethyl adjacent to an activating group) is 1. The van der Waals surface area contributed by atoms with Crippen molar-refractivity contribution in [1.82, 2.24) is 14.9 Å². The lowest BCUT2D eigenvalue weighted by Crippen LogP contribution is -2.24. The summed E-state index contributed by atoms with van der Waals surface area (Å²) in [5.41, 5.74) is 0. The van der Waals surface area contributed by atoms with E-state index in [2.05, 4.69) is 15.3 Å². The van der Waals surface area contributed by atoms with Gasteiger partial charge in [0.2, 0.25) is 5.91 Å². The Morgan fingerprint density at radius 1 is 1.60 bits per heavy atom. The molecule has 1 amide bonds. The van der Waals surface area contributed by atoms with Gasteiger partial charge in [0.25, 0.3) is 0 Å². The number of nitrogens with zero attached hydrogens (tertiary/aromatic N) is 3. The Morgan fingerprint density at radius 3 is 3.00 bits per heavy atom. The summed E-state index contributed by atoms with van der Waals surface area (Å²) >= 11 is 5.72. The van der Waals surface area contributed by atoms with Gasteiger partial charge in [-0.2, -0.15) is 0 Å². The van der Waals surface area contributed by atoms with E-state index >= 15 is 0 Å². The number of rotatable bonds is 2. The highest BCUT2D eigenvalue weighted by Gasteiger charge is 2.26. The van der Waals surface area contributed by atoms with E-state index in [1.165, 1.54) is 6.33 Å². The van der Waals surface area contributed by atoms with Crippen LogP contribution in [-0.4, -0.2) is 40.4 Å². The van der Waals surface area contributed by atoms with E-state index in [1.807, 2.05) is 0 Å². The summed E-state index contributed by atoms with van der Waals surface area (Å²) in [7, 11) is 1.79. The number of aromatic nitrogens is 2. The summed E-state index contributed by atoms with van der Waals surface area (Å²) in [6.07, 6.45) is 1.89. The summed E-state index contributed by atoms with van der Waals surface area (Å²) in [6, 6.07) is 1.75. The number of anilines is 1. The molecular weight excluding hydrogens is 216 g/mol. The summed E-state index contributed by atoms with van der Waals surface area (Å²) in [4.78, 5) is 20.8. The minimum atomic E-state index is 0.105. The maximum Gasteiger partial charge on any atom is 0.224 e. The minimum absolute atomic E-state index is 0.105. The van der Waals surface area contributed by atoms with Gasteiger partial charge >= 0.3 is 0 Å². The number of carbonyl (C=O) groups is 1. The average Bonchev–Trinajstić information content (AvgIpc) is 2.45. The molecule has 1 saturated heterocycles. The van der Waals surface area contributed by atoms with Gasteiger partial charge in [-0.3, -0.25) is 4.79 Å². The largest absolute Gasteiger partial charge is 0.365 e. The Balaban J connectivity index is 2.01. The zero-order chi connectivity index (χ0) is 10.8. The zero-order valence-corrected chi connectivity index (χ0v) is 9.03. The molecule has 1 aromatic heterocycles. The second-order valence-corrected chi connectivity index (χ2v) is 3.93. The number of halogens is 1. The quantitative estimate of drug-likeness (QED) is 0.757. The molecule has 2 heterocycles. The van der Waals surface area contributed by atoms with Crippen molar-refractivity contribution < 1.29 is 4.79 Å². The summed E-state index contributed by atoms with van der Waals surface area (Å²) in [5, 5.41) is 3.54. The van der Waals surface area contributed by atoms with Gasteiger partial charge in [-0.05, 0) is 0 Å². The van der Waals surface area contributed by atoms with Crippen LogP contribution in [0, 0.1) is 0 Å². The summed E-state index contributed by atoms with van der Waals surface area (Å²) < 4.78 is 0. The monoisotopic (exact) mass is 226 g/mol. The average molecular weight is 227 g/mol. The van der Waals surface area contributed by atoms with Crippen LogP contribution in [0.5, 0.6) is 0 Å². The molecule has 1 atom stereocenters. The first-order chi connectivity index (χ1) is 7.15. The van der Waals surface area contributed by atoms with Crippen molar-refractivity contribution in [3.63, 3.8) is 0 Å². The van der Waals surface area contributed by atoms with E-state index in [4.69, 9.17) is 11.6 Å². The maximum atomic E-state index is 11.3. The molecule has 2 rings (SSSR count). The van der Waals surface area contributed by atoms with Crippen LogP contribution in [0.25, 0.3) is 0 Å². The van der Waals surface area contributed by atoms with Crippen LogP contribution in [0.4, 0.5) is 5.82 Å². The summed E-state index contributed by atoms with van der Waals surface area (Å²) in [6.45, 7) is 0.695. The van der Waals surface area contributed by atoms with Gasteiger partial charge in [-0.25, -0.2) is 9.97 Å². The lowest BCUT2D eigenvalue weighted by molar-refractivity contribution is -0.126. The molecule has 0 spiro atoms. The van der Waals surface area contributed by atoms with Gasteiger partial charge in [0.1, 0.15) is 17.3 Å². The van der Waals surface area contributed by atoms with Crippen LogP contribution in [0.1, 0.15) is 6.42 Å². The molecule has 0 radical (unpaired) electrons. The Hall–Kier alpha value is -1.36. The lowest BCUT2D eigenvalue weighted by Gasteiger charge is -2.12. The van der Waals surface area contributed by atoms with Crippen molar-refractivity contribution in [3.05, 3.63) is 17.5 Å². The van der Waals surface area contributed by atoms with Crippen LogP contribution in [-0.2, 0) is 4.79 Å². The SMILES string of the molecule is CN1CC(Nc2cc(Cl)ncn2)CC1=O. The van der Waals surface area contributed by atoms with Crippen LogP contribution < -0.4 is 5.32 Å². The van der Waals surface area contributed by atoms with Crippen LogP contribution in [0.15, 0.2) is 12.4 Å². The highest BCUT2D eigenvalue weighted by Crippen LogP contribution is 2.15. The molecule has 0 aliphatic carbocycles. The van der Waals surface area contributed by atoms with E-state index in [-0.39, 0.29) is 11.9 Å². The first-order valence-corrected chi connectivity index (χ1v) is 5.01. The molecule has 5 nitrogen and oxygen atoms in total. The number of hydrogen-bond acceptors (Lipinski definition) is 4. The molecule has 1 aromatic rings. The minimum Gasteiger partial charge on any atom is -0.365 e. The Morgan fingerprint density at radius 2 is 2.40 bits per heavy atom. The number of nitrogens with one attached hydrogen (secondary N) is 1. The van der Waals surface area contributed by atoms with Crippen molar-refractivity contribution in [2.45, 2.75) is 12.5 Å². The Kier molecular flexibility index (Phi) is 2.73. The Labute approximate surface area is 92.5 Å². The molecule has 1 aliphatic heterocycles. The third-order valence-electron chi connectivity index (χ3n) is 2.33. The van der Waals surface area contributed by atoms with Gasteiger partial charge in [0, 0.05) is 26.1 Å². The third-order valence-corrected chi connectivity index (χ3v) is 2.53. The molecule has 6 heteroatoms. The van der Waals surface area contributed by atoms with Gasteiger partial charge in [0.05, 0.1) is 6.04 Å². The number of amides is 1. The maximum absolute atomic E-state index is 11.3. The van der Waals surface area contributed by atoms with Gasteiger partial charge < -0.3 is 10.2 Å². The number of carbonyl (C=O) groups excluding carboxylic acids is 1. The fraction of sp³-hybridized carbons (Fsp3) is 0.444. The second-order valence-electron chi connectivity index (χ2n) is 3.55. The zero-order valence-electron chi connectivity index (χ0n) is 8.27. The molecule has 1 unspecified atom stereocenters. The van der Waals surface area contributed by atoms with E-state index in [1.54, 1.807) is 18.0 Å². The normalized spacial score (nSPS) is 20.8. The van der Waals surface area contributed by atoms with Crippen LogP contribution >= 0.6 is 11.6 Å². The highest BCUT2D eigenvalue weighted by molar-refractivity contribution is 6.29. The molecule has 1 aliphatic rings. The van der Waals surface area contributed by atoms with E-state index < -0.39 is 0 Å². The molecule has 1 N–H and O–H groups in total. The van der Waals surface area contributed by atoms with Crippen molar-refractivity contribution in [2.24, 2.45) is 0 Å². The molecule has 0 aromatic carbocycles. The van der Waals surface area contributed by atoms with Crippen molar-refractivity contribution >= 4 is 23.3 Å². The first kappa shape index (κ1) is 10.2. The predicted molar refractivity (Wildman–Crippen MR) is 56.7 cm³/mol. The molecule has 1 fully saturated rings. The van der Waals surface area contributed by atoms with Gasteiger partial charge in [-0.1, -0.05) is 11.6 Å². The fourth-order valence-corrected chi connectivity index (χ4v) is 1.73. The smallest absolute Gasteiger partial charge is 0.224 e. The fourth-order valence-electron chi connectivity index (χ4n) is 1.58. The lowest BCUT2D eigenvalue weighted by atomic mass is 10.2. The first-order valence-electron chi connectivity index (χ1n) is 4.63. The third kappa shape index (κ3) is 2.36. The van der Waals surface area contributed by atoms with Gasteiger partial charge in [0.15, 0.2) is 0 Å². The predicted octanol–water partition coefficient (Wildman–Crippen LogP) is 0.773. The van der Waals surface area contributed by atoms with E-state index in [0.717, 1.165) is 0 Å². The van der Waals surface area contributed by atoms with E-state index in [0.29, 0.717) is 23.9 Å². The standard InChI is InChI=1S/C9H11ClN4O/c1-14-4-6(2-9(14)15)13-8-3-7(10)11-5-12-8/h3,5-6H,2,4H2,1H3,(H,11,12,13). The van der Waals surface area contributed by atoms with Crippen LogP contribution in [0.2, 0.25) is 5.15 Å². The number of likely N-dealkylation sites (tertiary alicyclic amines) is 1. The van der Waals surface area contributed by atoms with Crippen molar-refractivity contribution in [2.75, 3.05) is 18.9 Å². The number of hydrogen-bond donors (Lipinski definition) is 1.